The molecule has 2 atom stereocenters. The number of hydrogen-bond donors (Lipinski definition) is 1. The Morgan fingerprint density at radius 2 is 1.82 bits per heavy atom. The Labute approximate surface area is 201 Å². The Bertz CT molecular complexity index is 1050. The normalized spacial score (nSPS) is 22.9. The molecule has 0 spiro atoms. The highest BCUT2D eigenvalue weighted by atomic mass is 32.2. The van der Waals surface area contributed by atoms with E-state index in [2.05, 4.69) is 11.4 Å². The van der Waals surface area contributed by atoms with E-state index in [1.54, 1.807) is 0 Å². The molecule has 1 saturated heterocycles. The maximum Gasteiger partial charge on any atom is 0.338 e. The third-order valence-corrected chi connectivity index (χ3v) is 8.34. The standard InChI is InChI=1S/C24H33N3O6S/c1-17-11-18(2)14-27(13-17)34(30,31)21-12-19(7-8-20(21)32-3)23(29)33-15-22(28)26-24(16-25)9-5-4-6-10-24/h7-8,12,17-18H,4-6,9-11,13-15H2,1-3H3,(H,26,28). The van der Waals surface area contributed by atoms with Crippen molar-refractivity contribution in [3.8, 4) is 11.8 Å². The minimum absolute atomic E-state index is 0.00190. The van der Waals surface area contributed by atoms with Gasteiger partial charge in [0.05, 0.1) is 18.7 Å². The number of piperidine rings is 1. The highest BCUT2D eigenvalue weighted by molar-refractivity contribution is 7.89. The zero-order valence-electron chi connectivity index (χ0n) is 20.0. The first-order chi connectivity index (χ1) is 16.1. The highest BCUT2D eigenvalue weighted by Gasteiger charge is 2.35. The number of carbonyl (C=O) groups excluding carboxylic acids is 2. The van der Waals surface area contributed by atoms with Gasteiger partial charge < -0.3 is 14.8 Å². The Morgan fingerprint density at radius 3 is 2.41 bits per heavy atom. The Morgan fingerprint density at radius 1 is 1.18 bits per heavy atom. The van der Waals surface area contributed by atoms with Gasteiger partial charge in [-0.3, -0.25) is 4.79 Å². The molecule has 1 amide bonds. The number of rotatable bonds is 7. The molecule has 2 aliphatic rings. The second-order valence-electron chi connectivity index (χ2n) is 9.51. The number of sulfonamides is 1. The molecule has 1 N–H and O–H groups in total. The monoisotopic (exact) mass is 491 g/mol. The van der Waals surface area contributed by atoms with Gasteiger partial charge in [-0.25, -0.2) is 13.2 Å². The average Bonchev–Trinajstić information content (AvgIpc) is 2.82. The molecule has 0 aromatic heterocycles. The molecule has 1 aliphatic heterocycles. The molecule has 3 rings (SSSR count). The molecule has 10 heteroatoms. The topological polar surface area (TPSA) is 126 Å². The van der Waals surface area contributed by atoms with Gasteiger partial charge in [0.25, 0.3) is 5.91 Å². The number of nitrogens with zero attached hydrogens (tertiary/aromatic N) is 2. The molecule has 2 fully saturated rings. The molecule has 1 aliphatic carbocycles. The van der Waals surface area contributed by atoms with Crippen LogP contribution in [0.1, 0.15) is 62.7 Å². The van der Waals surface area contributed by atoms with E-state index in [0.717, 1.165) is 25.7 Å². The zero-order valence-corrected chi connectivity index (χ0v) is 20.8. The van der Waals surface area contributed by atoms with Gasteiger partial charge >= 0.3 is 5.97 Å². The number of nitrogens with one attached hydrogen (secondary N) is 1. The summed E-state index contributed by atoms with van der Waals surface area (Å²) in [5, 5.41) is 12.2. The van der Waals surface area contributed by atoms with Crippen LogP contribution in [0.3, 0.4) is 0 Å². The Balaban J connectivity index is 1.73. The summed E-state index contributed by atoms with van der Waals surface area (Å²) in [6, 6.07) is 6.23. The summed E-state index contributed by atoms with van der Waals surface area (Å²) in [7, 11) is -2.53. The molecule has 1 heterocycles. The van der Waals surface area contributed by atoms with Gasteiger partial charge in [0, 0.05) is 13.1 Å². The predicted octanol–water partition coefficient (Wildman–Crippen LogP) is 2.86. The second kappa shape index (κ2) is 10.7. The largest absolute Gasteiger partial charge is 0.495 e. The molecule has 9 nitrogen and oxygen atoms in total. The number of hydrogen-bond acceptors (Lipinski definition) is 7. The van der Waals surface area contributed by atoms with E-state index in [0.29, 0.717) is 25.9 Å². The molecule has 1 saturated carbocycles. The van der Waals surface area contributed by atoms with Gasteiger partial charge in [-0.1, -0.05) is 33.1 Å². The number of methoxy groups -OCH3 is 1. The average molecular weight is 492 g/mol. The van der Waals surface area contributed by atoms with E-state index < -0.39 is 34.0 Å². The molecule has 0 radical (unpaired) electrons. The van der Waals surface area contributed by atoms with Crippen molar-refractivity contribution in [1.29, 1.82) is 5.26 Å². The molecule has 1 aromatic rings. The van der Waals surface area contributed by atoms with Crippen LogP contribution < -0.4 is 10.1 Å². The van der Waals surface area contributed by atoms with Gasteiger partial charge in [-0.15, -0.1) is 0 Å². The fraction of sp³-hybridized carbons (Fsp3) is 0.625. The molecular formula is C24H33N3O6S. The smallest absolute Gasteiger partial charge is 0.338 e. The maximum absolute atomic E-state index is 13.4. The number of benzene rings is 1. The van der Waals surface area contributed by atoms with E-state index in [4.69, 9.17) is 9.47 Å². The SMILES string of the molecule is COc1ccc(C(=O)OCC(=O)NC2(C#N)CCCCC2)cc1S(=O)(=O)N1CC(C)CC(C)C1. The van der Waals surface area contributed by atoms with Crippen LogP contribution in [0, 0.1) is 23.2 Å². The van der Waals surface area contributed by atoms with Gasteiger partial charge in [-0.05, 0) is 49.3 Å². The van der Waals surface area contributed by atoms with Crippen molar-refractivity contribution < 1.29 is 27.5 Å². The van der Waals surface area contributed by atoms with E-state index in [-0.39, 0.29) is 28.0 Å². The molecular weight excluding hydrogens is 458 g/mol. The Hall–Kier alpha value is -2.64. The van der Waals surface area contributed by atoms with Crippen molar-refractivity contribution in [2.24, 2.45) is 11.8 Å². The van der Waals surface area contributed by atoms with Crippen LogP contribution in [-0.2, 0) is 19.6 Å². The van der Waals surface area contributed by atoms with E-state index in [1.807, 2.05) is 13.8 Å². The van der Waals surface area contributed by atoms with Crippen LogP contribution in [0.4, 0.5) is 0 Å². The van der Waals surface area contributed by atoms with Gasteiger partial charge in [0.2, 0.25) is 10.0 Å². The second-order valence-corrected chi connectivity index (χ2v) is 11.4. The molecule has 1 aromatic carbocycles. The fourth-order valence-electron chi connectivity index (χ4n) is 4.88. The van der Waals surface area contributed by atoms with Gasteiger partial charge in [0.1, 0.15) is 16.2 Å². The molecule has 34 heavy (non-hydrogen) atoms. The van der Waals surface area contributed by atoms with Crippen molar-refractivity contribution in [3.05, 3.63) is 23.8 Å². The fourth-order valence-corrected chi connectivity index (χ4v) is 6.74. The van der Waals surface area contributed by atoms with E-state index in [1.165, 1.54) is 29.6 Å². The Kier molecular flexibility index (Phi) is 8.21. The van der Waals surface area contributed by atoms with Crippen molar-refractivity contribution in [3.63, 3.8) is 0 Å². The molecule has 2 unspecified atom stereocenters. The summed E-state index contributed by atoms with van der Waals surface area (Å²) < 4.78 is 38.6. The predicted molar refractivity (Wildman–Crippen MR) is 125 cm³/mol. The highest BCUT2D eigenvalue weighted by Crippen LogP contribution is 2.32. The van der Waals surface area contributed by atoms with Crippen molar-refractivity contribution in [1.82, 2.24) is 9.62 Å². The van der Waals surface area contributed by atoms with Crippen LogP contribution in [0.5, 0.6) is 5.75 Å². The summed E-state index contributed by atoms with van der Waals surface area (Å²) in [5.74, 6) is -0.818. The maximum atomic E-state index is 13.4. The summed E-state index contributed by atoms with van der Waals surface area (Å²) in [6.07, 6.45) is 4.81. The van der Waals surface area contributed by atoms with Crippen LogP contribution in [0.2, 0.25) is 0 Å². The minimum Gasteiger partial charge on any atom is -0.495 e. The third-order valence-electron chi connectivity index (χ3n) is 6.49. The van der Waals surface area contributed by atoms with E-state index >= 15 is 0 Å². The van der Waals surface area contributed by atoms with Crippen LogP contribution in [0.25, 0.3) is 0 Å². The lowest BCUT2D eigenvalue weighted by Gasteiger charge is -2.34. The quantitative estimate of drug-likeness (QED) is 0.581. The van der Waals surface area contributed by atoms with Crippen molar-refractivity contribution >= 4 is 21.9 Å². The number of ether oxygens (including phenoxy) is 2. The lowest BCUT2D eigenvalue weighted by Crippen LogP contribution is -2.50. The number of esters is 1. The number of amides is 1. The van der Waals surface area contributed by atoms with Crippen molar-refractivity contribution in [2.45, 2.75) is 62.8 Å². The number of carbonyl (C=O) groups is 2. The zero-order chi connectivity index (χ0) is 24.9. The lowest BCUT2D eigenvalue weighted by atomic mass is 9.83. The van der Waals surface area contributed by atoms with Gasteiger partial charge in [0.15, 0.2) is 6.61 Å². The molecule has 0 bridgehead atoms. The van der Waals surface area contributed by atoms with E-state index in [9.17, 15) is 23.3 Å². The first kappa shape index (κ1) is 26.0. The van der Waals surface area contributed by atoms with Crippen LogP contribution in [0.15, 0.2) is 23.1 Å². The first-order valence-electron chi connectivity index (χ1n) is 11.7. The molecule has 186 valence electrons. The summed E-state index contributed by atoms with van der Waals surface area (Å²) in [6.45, 7) is 4.25. The van der Waals surface area contributed by atoms with Gasteiger partial charge in [-0.2, -0.15) is 9.57 Å². The summed E-state index contributed by atoms with van der Waals surface area (Å²) in [5.41, 5.74) is -0.927. The first-order valence-corrected chi connectivity index (χ1v) is 13.1. The lowest BCUT2D eigenvalue weighted by molar-refractivity contribution is -0.125. The summed E-state index contributed by atoms with van der Waals surface area (Å²) in [4.78, 5) is 24.9. The van der Waals surface area contributed by atoms with Crippen molar-refractivity contribution in [2.75, 3.05) is 26.8 Å². The summed E-state index contributed by atoms with van der Waals surface area (Å²) >= 11 is 0. The van der Waals surface area contributed by atoms with Crippen LogP contribution in [-0.4, -0.2) is 56.9 Å². The number of nitriles is 1. The van der Waals surface area contributed by atoms with Crippen LogP contribution >= 0.6 is 0 Å². The third kappa shape index (κ3) is 5.88. The minimum atomic E-state index is -3.90.